The molecule has 0 aliphatic carbocycles. The standard InChI is InChI=1S/C18H18N2O6/c1-11(13-7-4-8-24-13)19-16(21)10-25-17(22)9-15-18(23)20-12-5-2-3-6-14(12)26-15/h2-8,11,15H,9-10H2,1H3,(H,19,21)(H,20,23). The molecule has 3 rings (SSSR count). The van der Waals surface area contributed by atoms with Crippen molar-refractivity contribution >= 4 is 23.5 Å². The molecule has 0 saturated carbocycles. The van der Waals surface area contributed by atoms with Crippen LogP contribution in [0.2, 0.25) is 0 Å². The Morgan fingerprint density at radius 1 is 1.27 bits per heavy atom. The minimum absolute atomic E-state index is 0.290. The summed E-state index contributed by atoms with van der Waals surface area (Å²) in [6, 6.07) is 10.0. The Morgan fingerprint density at radius 3 is 2.85 bits per heavy atom. The van der Waals surface area contributed by atoms with Gasteiger partial charge in [0.2, 0.25) is 0 Å². The number of benzene rings is 1. The third-order valence-corrected chi connectivity index (χ3v) is 3.77. The second-order valence-electron chi connectivity index (χ2n) is 5.76. The van der Waals surface area contributed by atoms with E-state index in [0.717, 1.165) is 0 Å². The minimum atomic E-state index is -0.998. The van der Waals surface area contributed by atoms with Crippen LogP contribution in [0, 0.1) is 0 Å². The topological polar surface area (TPSA) is 107 Å². The first-order chi connectivity index (χ1) is 12.5. The molecule has 2 heterocycles. The summed E-state index contributed by atoms with van der Waals surface area (Å²) in [5.74, 6) is -0.533. The minimum Gasteiger partial charge on any atom is -0.478 e. The average Bonchev–Trinajstić information content (AvgIpc) is 3.15. The van der Waals surface area contributed by atoms with Gasteiger partial charge in [0.25, 0.3) is 11.8 Å². The van der Waals surface area contributed by atoms with E-state index in [9.17, 15) is 14.4 Å². The maximum absolute atomic E-state index is 12.0. The third-order valence-electron chi connectivity index (χ3n) is 3.77. The van der Waals surface area contributed by atoms with Crippen LogP contribution >= 0.6 is 0 Å². The van der Waals surface area contributed by atoms with Crippen molar-refractivity contribution in [2.75, 3.05) is 11.9 Å². The zero-order valence-electron chi connectivity index (χ0n) is 14.1. The quantitative estimate of drug-likeness (QED) is 0.763. The number of amides is 2. The number of nitrogens with one attached hydrogen (secondary N) is 2. The van der Waals surface area contributed by atoms with Gasteiger partial charge in [-0.3, -0.25) is 14.4 Å². The second-order valence-corrected chi connectivity index (χ2v) is 5.76. The summed E-state index contributed by atoms with van der Waals surface area (Å²) in [6.45, 7) is 1.30. The summed E-state index contributed by atoms with van der Waals surface area (Å²) in [5.41, 5.74) is 0.549. The van der Waals surface area contributed by atoms with Crippen LogP contribution in [-0.4, -0.2) is 30.5 Å². The number of fused-ring (bicyclic) bond motifs is 1. The first-order valence-corrected chi connectivity index (χ1v) is 8.08. The van der Waals surface area contributed by atoms with Crippen LogP contribution in [0.5, 0.6) is 5.75 Å². The molecule has 8 nitrogen and oxygen atoms in total. The highest BCUT2D eigenvalue weighted by atomic mass is 16.5. The van der Waals surface area contributed by atoms with E-state index in [1.165, 1.54) is 6.26 Å². The largest absolute Gasteiger partial charge is 0.478 e. The van der Waals surface area contributed by atoms with Crippen molar-refractivity contribution in [2.45, 2.75) is 25.5 Å². The van der Waals surface area contributed by atoms with Crippen molar-refractivity contribution in [1.29, 1.82) is 0 Å². The molecule has 2 aromatic rings. The van der Waals surface area contributed by atoms with Gasteiger partial charge in [-0.1, -0.05) is 12.1 Å². The number of carbonyl (C=O) groups excluding carboxylic acids is 3. The second kappa shape index (κ2) is 7.73. The summed E-state index contributed by atoms with van der Waals surface area (Å²) < 4.78 is 15.6. The van der Waals surface area contributed by atoms with Crippen LogP contribution in [0.15, 0.2) is 47.1 Å². The van der Waals surface area contributed by atoms with E-state index in [2.05, 4.69) is 10.6 Å². The molecule has 2 N–H and O–H groups in total. The molecule has 0 bridgehead atoms. The lowest BCUT2D eigenvalue weighted by molar-refractivity contribution is -0.151. The van der Waals surface area contributed by atoms with Crippen molar-refractivity contribution in [1.82, 2.24) is 5.32 Å². The SMILES string of the molecule is CC(NC(=O)COC(=O)CC1Oc2ccccc2NC1=O)c1ccco1. The summed E-state index contributed by atoms with van der Waals surface area (Å²) in [7, 11) is 0. The average molecular weight is 358 g/mol. The van der Waals surface area contributed by atoms with Crippen molar-refractivity contribution in [3.05, 3.63) is 48.4 Å². The van der Waals surface area contributed by atoms with Crippen LogP contribution < -0.4 is 15.4 Å². The summed E-state index contributed by atoms with van der Waals surface area (Å²) >= 11 is 0. The Kier molecular flexibility index (Phi) is 5.21. The van der Waals surface area contributed by atoms with Gasteiger partial charge in [-0.05, 0) is 31.2 Å². The number of hydrogen-bond donors (Lipinski definition) is 2. The van der Waals surface area contributed by atoms with Crippen molar-refractivity contribution in [2.24, 2.45) is 0 Å². The molecule has 1 aromatic heterocycles. The molecular formula is C18H18N2O6. The van der Waals surface area contributed by atoms with E-state index in [-0.39, 0.29) is 12.5 Å². The molecule has 136 valence electrons. The Hall–Kier alpha value is -3.29. The maximum Gasteiger partial charge on any atom is 0.310 e. The molecular weight excluding hydrogens is 340 g/mol. The van der Waals surface area contributed by atoms with Crippen LogP contribution in [0.25, 0.3) is 0 Å². The highest BCUT2D eigenvalue weighted by Crippen LogP contribution is 2.29. The molecule has 2 unspecified atom stereocenters. The van der Waals surface area contributed by atoms with Gasteiger partial charge >= 0.3 is 5.97 Å². The number of para-hydroxylation sites is 2. The lowest BCUT2D eigenvalue weighted by atomic mass is 10.1. The molecule has 0 saturated heterocycles. The highest BCUT2D eigenvalue weighted by molar-refractivity contribution is 5.99. The molecule has 8 heteroatoms. The van der Waals surface area contributed by atoms with E-state index in [4.69, 9.17) is 13.9 Å². The molecule has 0 spiro atoms. The number of anilines is 1. The lowest BCUT2D eigenvalue weighted by Gasteiger charge is -2.25. The van der Waals surface area contributed by atoms with Gasteiger partial charge in [0.1, 0.15) is 11.5 Å². The van der Waals surface area contributed by atoms with E-state index < -0.39 is 30.5 Å². The fourth-order valence-corrected chi connectivity index (χ4v) is 2.48. The number of hydrogen-bond acceptors (Lipinski definition) is 6. The Bertz CT molecular complexity index is 802. The van der Waals surface area contributed by atoms with Crippen molar-refractivity contribution in [3.63, 3.8) is 0 Å². The Labute approximate surface area is 149 Å². The first kappa shape index (κ1) is 17.5. The number of furan rings is 1. The molecule has 2 atom stereocenters. The van der Waals surface area contributed by atoms with E-state index >= 15 is 0 Å². The Balaban J connectivity index is 1.45. The zero-order chi connectivity index (χ0) is 18.5. The van der Waals surface area contributed by atoms with Gasteiger partial charge < -0.3 is 24.5 Å². The zero-order valence-corrected chi connectivity index (χ0v) is 14.1. The molecule has 1 aliphatic heterocycles. The van der Waals surface area contributed by atoms with Gasteiger partial charge in [-0.2, -0.15) is 0 Å². The normalized spacial score (nSPS) is 16.7. The Morgan fingerprint density at radius 2 is 2.08 bits per heavy atom. The number of esters is 1. The first-order valence-electron chi connectivity index (χ1n) is 8.08. The van der Waals surface area contributed by atoms with Gasteiger partial charge in [0.05, 0.1) is 24.4 Å². The number of carbonyl (C=O) groups is 3. The number of ether oxygens (including phenoxy) is 2. The molecule has 0 fully saturated rings. The van der Waals surface area contributed by atoms with Crippen LogP contribution in [0.4, 0.5) is 5.69 Å². The van der Waals surface area contributed by atoms with Gasteiger partial charge in [-0.15, -0.1) is 0 Å². The smallest absolute Gasteiger partial charge is 0.310 e. The van der Waals surface area contributed by atoms with Gasteiger partial charge in [0.15, 0.2) is 12.7 Å². The molecule has 26 heavy (non-hydrogen) atoms. The third kappa shape index (κ3) is 4.21. The van der Waals surface area contributed by atoms with E-state index in [1.54, 1.807) is 43.3 Å². The van der Waals surface area contributed by atoms with Gasteiger partial charge in [0, 0.05) is 0 Å². The van der Waals surface area contributed by atoms with Gasteiger partial charge in [-0.25, -0.2) is 0 Å². The predicted octanol–water partition coefficient (Wildman–Crippen LogP) is 1.79. The maximum atomic E-state index is 12.0. The van der Waals surface area contributed by atoms with E-state index in [0.29, 0.717) is 17.2 Å². The summed E-state index contributed by atoms with van der Waals surface area (Å²) in [6.07, 6.45) is 0.217. The number of rotatable bonds is 6. The highest BCUT2D eigenvalue weighted by Gasteiger charge is 2.30. The molecule has 1 aliphatic rings. The summed E-state index contributed by atoms with van der Waals surface area (Å²) in [5, 5.41) is 5.30. The van der Waals surface area contributed by atoms with Crippen LogP contribution in [0.3, 0.4) is 0 Å². The monoisotopic (exact) mass is 358 g/mol. The summed E-state index contributed by atoms with van der Waals surface area (Å²) in [4.78, 5) is 35.7. The van der Waals surface area contributed by atoms with Crippen LogP contribution in [-0.2, 0) is 19.1 Å². The predicted molar refractivity (Wildman–Crippen MR) is 90.3 cm³/mol. The van der Waals surface area contributed by atoms with E-state index in [1.807, 2.05) is 0 Å². The van der Waals surface area contributed by atoms with Crippen LogP contribution in [0.1, 0.15) is 25.1 Å². The van der Waals surface area contributed by atoms with Crippen molar-refractivity contribution in [3.8, 4) is 5.75 Å². The fraction of sp³-hybridized carbons (Fsp3) is 0.278. The lowest BCUT2D eigenvalue weighted by Crippen LogP contribution is -2.39. The van der Waals surface area contributed by atoms with Crippen molar-refractivity contribution < 1.29 is 28.3 Å². The molecule has 2 amide bonds. The fourth-order valence-electron chi connectivity index (χ4n) is 2.48. The molecule has 0 radical (unpaired) electrons. The molecule has 1 aromatic carbocycles.